The van der Waals surface area contributed by atoms with Crippen LogP contribution in [-0.2, 0) is 6.61 Å². The van der Waals surface area contributed by atoms with Crippen molar-refractivity contribution in [3.63, 3.8) is 0 Å². The number of rotatable bonds is 6. The van der Waals surface area contributed by atoms with Crippen LogP contribution in [-0.4, -0.2) is 40.8 Å². The number of nitrogens with zero attached hydrogens (tertiary/aromatic N) is 3. The summed E-state index contributed by atoms with van der Waals surface area (Å²) < 4.78 is 6.36. The number of hydrogen-bond donors (Lipinski definition) is 0. The molecule has 6 heteroatoms. The standard InChI is InChI=1S/C32H31N3O3/c1-20-13-16-28(22(3)27(20)19-38-29-12-6-8-23-15-14-21(2)33-30(23)29)34-17-7-9-24(34)18-35-31(36)25-10-4-5-11-26(25)32(35)37/h4-6,8,10-16,24H,7,9,17-19H2,1-3H3/t24-/m1/s1. The van der Waals surface area contributed by atoms with E-state index in [1.165, 1.54) is 16.0 Å². The van der Waals surface area contributed by atoms with Crippen molar-refractivity contribution in [3.05, 3.63) is 100 Å². The van der Waals surface area contributed by atoms with Crippen molar-refractivity contribution in [2.24, 2.45) is 0 Å². The first kappa shape index (κ1) is 24.2. The molecule has 6 rings (SSSR count). The molecule has 0 saturated carbocycles. The van der Waals surface area contributed by atoms with Gasteiger partial charge in [0.25, 0.3) is 11.8 Å². The molecular weight excluding hydrogens is 474 g/mol. The van der Waals surface area contributed by atoms with Crippen molar-refractivity contribution in [1.82, 2.24) is 9.88 Å². The van der Waals surface area contributed by atoms with Gasteiger partial charge in [0.05, 0.1) is 11.1 Å². The second-order valence-corrected chi connectivity index (χ2v) is 10.3. The fourth-order valence-electron chi connectivity index (χ4n) is 5.86. The van der Waals surface area contributed by atoms with Gasteiger partial charge in [-0.05, 0) is 80.6 Å². The van der Waals surface area contributed by atoms with Gasteiger partial charge >= 0.3 is 0 Å². The van der Waals surface area contributed by atoms with Crippen LogP contribution in [0.1, 0.15) is 55.9 Å². The number of fused-ring (bicyclic) bond motifs is 2. The second kappa shape index (κ2) is 9.60. The van der Waals surface area contributed by atoms with E-state index in [2.05, 4.69) is 36.9 Å². The first-order valence-corrected chi connectivity index (χ1v) is 13.2. The molecule has 3 heterocycles. The first-order valence-electron chi connectivity index (χ1n) is 13.2. The minimum absolute atomic E-state index is 0.0811. The number of para-hydroxylation sites is 1. The highest BCUT2D eigenvalue weighted by atomic mass is 16.5. The zero-order chi connectivity index (χ0) is 26.4. The molecule has 4 aromatic rings. The van der Waals surface area contributed by atoms with E-state index < -0.39 is 0 Å². The topological polar surface area (TPSA) is 62.7 Å². The molecule has 1 fully saturated rings. The average Bonchev–Trinajstić information content (AvgIpc) is 3.47. The van der Waals surface area contributed by atoms with Crippen LogP contribution < -0.4 is 9.64 Å². The summed E-state index contributed by atoms with van der Waals surface area (Å²) in [5, 5.41) is 1.06. The maximum Gasteiger partial charge on any atom is 0.261 e. The Kier molecular flexibility index (Phi) is 6.10. The van der Waals surface area contributed by atoms with Crippen molar-refractivity contribution < 1.29 is 14.3 Å². The van der Waals surface area contributed by atoms with Gasteiger partial charge in [0.1, 0.15) is 17.9 Å². The van der Waals surface area contributed by atoms with Crippen molar-refractivity contribution in [1.29, 1.82) is 0 Å². The molecule has 0 aliphatic carbocycles. The third kappa shape index (κ3) is 4.10. The Morgan fingerprint density at radius 1 is 0.895 bits per heavy atom. The number of imide groups is 1. The van der Waals surface area contributed by atoms with E-state index in [0.717, 1.165) is 53.0 Å². The minimum Gasteiger partial charge on any atom is -0.487 e. The minimum atomic E-state index is -0.189. The van der Waals surface area contributed by atoms with Gasteiger partial charge in [-0.1, -0.05) is 36.4 Å². The maximum absolute atomic E-state index is 13.0. The van der Waals surface area contributed by atoms with Crippen molar-refractivity contribution in [2.75, 3.05) is 18.0 Å². The lowest BCUT2D eigenvalue weighted by Crippen LogP contribution is -2.43. The summed E-state index contributed by atoms with van der Waals surface area (Å²) in [4.78, 5) is 34.5. The lowest BCUT2D eigenvalue weighted by atomic mass is 10.0. The Morgan fingerprint density at radius 2 is 1.66 bits per heavy atom. The molecule has 2 aliphatic rings. The molecular formula is C32H31N3O3. The molecule has 1 aromatic heterocycles. The predicted molar refractivity (Wildman–Crippen MR) is 149 cm³/mol. The zero-order valence-electron chi connectivity index (χ0n) is 22.0. The summed E-state index contributed by atoms with van der Waals surface area (Å²) in [6.07, 6.45) is 1.96. The van der Waals surface area contributed by atoms with E-state index in [0.29, 0.717) is 24.3 Å². The lowest BCUT2D eigenvalue weighted by Gasteiger charge is -2.31. The van der Waals surface area contributed by atoms with E-state index in [4.69, 9.17) is 9.72 Å². The van der Waals surface area contributed by atoms with Crippen molar-refractivity contribution in [2.45, 2.75) is 46.3 Å². The summed E-state index contributed by atoms with van der Waals surface area (Å²) in [6.45, 7) is 7.97. The molecule has 0 radical (unpaired) electrons. The number of carbonyl (C=O) groups excluding carboxylic acids is 2. The van der Waals surface area contributed by atoms with Crippen LogP contribution in [0.25, 0.3) is 10.9 Å². The average molecular weight is 506 g/mol. The second-order valence-electron chi connectivity index (χ2n) is 10.3. The van der Waals surface area contributed by atoms with E-state index in [9.17, 15) is 9.59 Å². The molecule has 0 unspecified atom stereocenters. The molecule has 3 aromatic carbocycles. The Hall–Kier alpha value is -4.19. The number of benzene rings is 3. The molecule has 38 heavy (non-hydrogen) atoms. The van der Waals surface area contributed by atoms with Gasteiger partial charge in [0.15, 0.2) is 0 Å². The molecule has 0 spiro atoms. The predicted octanol–water partition coefficient (Wildman–Crippen LogP) is 6.00. The monoisotopic (exact) mass is 505 g/mol. The van der Waals surface area contributed by atoms with Gasteiger partial charge in [-0.2, -0.15) is 0 Å². The highest BCUT2D eigenvalue weighted by Gasteiger charge is 2.38. The van der Waals surface area contributed by atoms with Gasteiger partial charge in [0.2, 0.25) is 0 Å². The van der Waals surface area contributed by atoms with Gasteiger partial charge in [-0.3, -0.25) is 14.5 Å². The van der Waals surface area contributed by atoms with Crippen LogP contribution in [0.2, 0.25) is 0 Å². The van der Waals surface area contributed by atoms with Crippen LogP contribution in [0.4, 0.5) is 5.69 Å². The fraction of sp³-hybridized carbons (Fsp3) is 0.281. The van der Waals surface area contributed by atoms with Gasteiger partial charge < -0.3 is 9.64 Å². The number of aromatic nitrogens is 1. The first-order chi connectivity index (χ1) is 18.4. The number of pyridine rings is 1. The molecule has 1 saturated heterocycles. The maximum atomic E-state index is 13.0. The van der Waals surface area contributed by atoms with Gasteiger partial charge in [-0.25, -0.2) is 4.98 Å². The Balaban J connectivity index is 1.25. The van der Waals surface area contributed by atoms with Crippen LogP contribution in [0.15, 0.2) is 66.7 Å². The van der Waals surface area contributed by atoms with Crippen LogP contribution in [0, 0.1) is 20.8 Å². The molecule has 0 N–H and O–H groups in total. The molecule has 1 atom stereocenters. The third-order valence-corrected chi connectivity index (χ3v) is 7.96. The Bertz CT molecular complexity index is 1540. The van der Waals surface area contributed by atoms with Crippen molar-refractivity contribution in [3.8, 4) is 5.75 Å². The van der Waals surface area contributed by atoms with E-state index in [1.807, 2.05) is 43.3 Å². The summed E-state index contributed by atoms with van der Waals surface area (Å²) in [5.74, 6) is 0.400. The number of amides is 2. The highest BCUT2D eigenvalue weighted by Crippen LogP contribution is 2.34. The molecule has 6 nitrogen and oxygen atoms in total. The van der Waals surface area contributed by atoms with E-state index in [1.54, 1.807) is 12.1 Å². The quantitative estimate of drug-likeness (QED) is 0.301. The van der Waals surface area contributed by atoms with E-state index >= 15 is 0 Å². The molecule has 0 bridgehead atoms. The molecule has 192 valence electrons. The summed E-state index contributed by atoms with van der Waals surface area (Å²) in [7, 11) is 0. The summed E-state index contributed by atoms with van der Waals surface area (Å²) in [6, 6.07) is 21.6. The Labute approximate surface area is 222 Å². The van der Waals surface area contributed by atoms with Crippen LogP contribution in [0.5, 0.6) is 5.75 Å². The number of hydrogen-bond acceptors (Lipinski definition) is 5. The smallest absolute Gasteiger partial charge is 0.261 e. The number of anilines is 1. The third-order valence-electron chi connectivity index (χ3n) is 7.96. The zero-order valence-corrected chi connectivity index (χ0v) is 22.0. The Morgan fingerprint density at radius 3 is 2.42 bits per heavy atom. The largest absolute Gasteiger partial charge is 0.487 e. The number of aryl methyl sites for hydroxylation is 2. The van der Waals surface area contributed by atoms with Gasteiger partial charge in [-0.15, -0.1) is 0 Å². The lowest BCUT2D eigenvalue weighted by molar-refractivity contribution is 0.0645. The normalized spacial score (nSPS) is 17.0. The van der Waals surface area contributed by atoms with Crippen LogP contribution >= 0.6 is 0 Å². The number of ether oxygens (including phenoxy) is 1. The summed E-state index contributed by atoms with van der Waals surface area (Å²) >= 11 is 0. The SMILES string of the molecule is Cc1ccc2cccc(OCc3c(C)ccc(N4CCC[C@@H]4CN4C(=O)c5ccccc5C4=O)c3C)c2n1. The molecule has 2 aliphatic heterocycles. The fourth-order valence-corrected chi connectivity index (χ4v) is 5.86. The number of carbonyl (C=O) groups is 2. The van der Waals surface area contributed by atoms with Gasteiger partial charge in [0, 0.05) is 35.9 Å². The molecule has 2 amide bonds. The van der Waals surface area contributed by atoms with Crippen LogP contribution in [0.3, 0.4) is 0 Å². The highest BCUT2D eigenvalue weighted by molar-refractivity contribution is 6.21. The summed E-state index contributed by atoms with van der Waals surface area (Å²) in [5.41, 5.74) is 7.48. The van der Waals surface area contributed by atoms with Crippen molar-refractivity contribution >= 4 is 28.4 Å². The van der Waals surface area contributed by atoms with E-state index in [-0.39, 0.29) is 17.9 Å².